The van der Waals surface area contributed by atoms with Crippen LogP contribution in [0.25, 0.3) is 0 Å². The molecule has 0 spiro atoms. The van der Waals surface area contributed by atoms with Gasteiger partial charge in [0.1, 0.15) is 0 Å². The molecule has 1 radical (unpaired) electrons. The molecule has 2 N–H and O–H groups in total. The number of carbonyl (C=O) groups is 1. The van der Waals surface area contributed by atoms with E-state index in [0.29, 0.717) is 10.0 Å². The van der Waals surface area contributed by atoms with E-state index in [9.17, 15) is 4.79 Å². The van der Waals surface area contributed by atoms with Crippen molar-refractivity contribution in [1.82, 2.24) is 0 Å². The van der Waals surface area contributed by atoms with Crippen LogP contribution in [0.3, 0.4) is 0 Å². The number of rotatable bonds is 3. The van der Waals surface area contributed by atoms with Crippen LogP contribution in [0.5, 0.6) is 0 Å². The first-order valence-corrected chi connectivity index (χ1v) is 4.42. The van der Waals surface area contributed by atoms with E-state index >= 15 is 0 Å². The van der Waals surface area contributed by atoms with Gasteiger partial charge in [0, 0.05) is 12.8 Å². The van der Waals surface area contributed by atoms with Gasteiger partial charge in [0.05, 0.1) is 10.0 Å². The summed E-state index contributed by atoms with van der Waals surface area (Å²) in [6, 6.07) is 5.14. The molecule has 1 aromatic carbocycles. The molecule has 1 amide bonds. The van der Waals surface area contributed by atoms with E-state index in [1.54, 1.807) is 24.6 Å². The Hall–Kier alpha value is -0.730. The number of benzene rings is 1. The Morgan fingerprint density at radius 2 is 2.08 bits per heavy atom. The SMILES string of the molecule is NC(=O)C[CH]c1ccc(Cl)c(Cl)c1. The first kappa shape index (κ1) is 10.4. The topological polar surface area (TPSA) is 43.1 Å². The third-order valence-corrected chi connectivity index (χ3v) is 2.22. The van der Waals surface area contributed by atoms with E-state index in [-0.39, 0.29) is 12.3 Å². The molecule has 13 heavy (non-hydrogen) atoms. The Bertz CT molecular complexity index is 325. The molecule has 0 aromatic heterocycles. The lowest BCUT2D eigenvalue weighted by Gasteiger charge is -2.00. The van der Waals surface area contributed by atoms with Crippen LogP contribution in [0.4, 0.5) is 0 Å². The number of carbonyl (C=O) groups excluding carboxylic acids is 1. The fourth-order valence-corrected chi connectivity index (χ4v) is 1.16. The van der Waals surface area contributed by atoms with Crippen molar-refractivity contribution in [2.24, 2.45) is 5.73 Å². The Morgan fingerprint density at radius 1 is 1.38 bits per heavy atom. The van der Waals surface area contributed by atoms with Crippen LogP contribution in [0.1, 0.15) is 12.0 Å². The molecule has 4 heteroatoms. The Labute approximate surface area is 86.6 Å². The summed E-state index contributed by atoms with van der Waals surface area (Å²) in [5.41, 5.74) is 5.82. The lowest BCUT2D eigenvalue weighted by atomic mass is 10.1. The number of nitrogens with two attached hydrogens (primary N) is 1. The molecule has 0 saturated carbocycles. The van der Waals surface area contributed by atoms with Gasteiger partial charge < -0.3 is 5.73 Å². The van der Waals surface area contributed by atoms with E-state index in [1.165, 1.54) is 0 Å². The van der Waals surface area contributed by atoms with Crippen LogP contribution in [0, 0.1) is 6.42 Å². The highest BCUT2D eigenvalue weighted by Gasteiger charge is 2.01. The molecule has 2 nitrogen and oxygen atoms in total. The van der Waals surface area contributed by atoms with Crippen molar-refractivity contribution in [3.8, 4) is 0 Å². The van der Waals surface area contributed by atoms with Crippen LogP contribution in [0.2, 0.25) is 10.0 Å². The summed E-state index contributed by atoms with van der Waals surface area (Å²) in [4.78, 5) is 10.5. The standard InChI is InChI=1S/C9H8Cl2NO/c10-7-3-1-6(5-8(7)11)2-4-9(12)13/h1-3,5H,4H2,(H2,12,13). The maximum atomic E-state index is 10.5. The van der Waals surface area contributed by atoms with Gasteiger partial charge in [-0.05, 0) is 17.7 Å². The second-order valence-corrected chi connectivity index (χ2v) is 3.36. The van der Waals surface area contributed by atoms with Crippen LogP contribution >= 0.6 is 23.2 Å². The predicted molar refractivity (Wildman–Crippen MR) is 53.7 cm³/mol. The molecule has 0 atom stereocenters. The summed E-state index contributed by atoms with van der Waals surface area (Å²) < 4.78 is 0. The molecule has 0 saturated heterocycles. The highest BCUT2D eigenvalue weighted by Crippen LogP contribution is 2.23. The largest absolute Gasteiger partial charge is 0.370 e. The van der Waals surface area contributed by atoms with Crippen molar-refractivity contribution >= 4 is 29.1 Å². The summed E-state index contributed by atoms with van der Waals surface area (Å²) >= 11 is 11.5. The van der Waals surface area contributed by atoms with Gasteiger partial charge in [-0.25, -0.2) is 0 Å². The molecule has 0 fully saturated rings. The van der Waals surface area contributed by atoms with Gasteiger partial charge in [-0.2, -0.15) is 0 Å². The highest BCUT2D eigenvalue weighted by molar-refractivity contribution is 6.42. The molecule has 0 aliphatic heterocycles. The first-order valence-electron chi connectivity index (χ1n) is 3.66. The second-order valence-electron chi connectivity index (χ2n) is 2.55. The van der Waals surface area contributed by atoms with Crippen LogP contribution < -0.4 is 5.73 Å². The zero-order valence-corrected chi connectivity index (χ0v) is 8.27. The smallest absolute Gasteiger partial charge is 0.218 e. The van der Waals surface area contributed by atoms with Crippen molar-refractivity contribution in [2.75, 3.05) is 0 Å². The van der Waals surface area contributed by atoms with Crippen molar-refractivity contribution in [3.63, 3.8) is 0 Å². The number of primary amides is 1. The molecule has 0 bridgehead atoms. The minimum atomic E-state index is -0.369. The Balaban J connectivity index is 2.68. The fourth-order valence-electron chi connectivity index (χ4n) is 0.858. The van der Waals surface area contributed by atoms with Crippen molar-refractivity contribution in [3.05, 3.63) is 40.2 Å². The van der Waals surface area contributed by atoms with Gasteiger partial charge in [0.25, 0.3) is 0 Å². The lowest BCUT2D eigenvalue weighted by Crippen LogP contribution is -2.10. The zero-order valence-electron chi connectivity index (χ0n) is 6.76. The maximum Gasteiger partial charge on any atom is 0.218 e. The highest BCUT2D eigenvalue weighted by atomic mass is 35.5. The number of hydrogen-bond donors (Lipinski definition) is 1. The maximum absolute atomic E-state index is 10.5. The third-order valence-electron chi connectivity index (χ3n) is 1.48. The minimum absolute atomic E-state index is 0.206. The number of amides is 1. The summed E-state index contributed by atoms with van der Waals surface area (Å²) in [5.74, 6) is -0.369. The molecule has 0 aliphatic carbocycles. The van der Waals surface area contributed by atoms with Gasteiger partial charge in [-0.15, -0.1) is 0 Å². The van der Waals surface area contributed by atoms with Gasteiger partial charge in [0.15, 0.2) is 0 Å². The first-order chi connectivity index (χ1) is 6.09. The lowest BCUT2D eigenvalue weighted by molar-refractivity contribution is -0.117. The molecule has 0 unspecified atom stereocenters. The second kappa shape index (κ2) is 4.49. The molecule has 0 heterocycles. The van der Waals surface area contributed by atoms with Crippen molar-refractivity contribution in [1.29, 1.82) is 0 Å². The molecule has 69 valence electrons. The average Bonchev–Trinajstić information content (AvgIpc) is 2.07. The number of hydrogen-bond acceptors (Lipinski definition) is 1. The normalized spacial score (nSPS) is 10.0. The van der Waals surface area contributed by atoms with E-state index in [4.69, 9.17) is 28.9 Å². The Morgan fingerprint density at radius 3 is 2.62 bits per heavy atom. The Kier molecular flexibility index (Phi) is 3.58. The van der Waals surface area contributed by atoms with Gasteiger partial charge in [-0.3, -0.25) is 4.79 Å². The van der Waals surface area contributed by atoms with Crippen molar-refractivity contribution < 1.29 is 4.79 Å². The molecular formula is C9H8Cl2NO. The summed E-state index contributed by atoms with van der Waals surface area (Å²) in [7, 11) is 0. The summed E-state index contributed by atoms with van der Waals surface area (Å²) in [6.45, 7) is 0. The summed E-state index contributed by atoms with van der Waals surface area (Å²) in [6.07, 6.45) is 1.91. The molecule has 1 aromatic rings. The van der Waals surface area contributed by atoms with E-state index in [0.717, 1.165) is 5.56 Å². The minimum Gasteiger partial charge on any atom is -0.370 e. The number of halogens is 2. The van der Waals surface area contributed by atoms with Crippen LogP contribution in [-0.4, -0.2) is 5.91 Å². The quantitative estimate of drug-likeness (QED) is 0.829. The zero-order chi connectivity index (χ0) is 9.84. The van der Waals surface area contributed by atoms with Gasteiger partial charge >= 0.3 is 0 Å². The van der Waals surface area contributed by atoms with Gasteiger partial charge in [-0.1, -0.05) is 29.3 Å². The van der Waals surface area contributed by atoms with E-state index in [1.807, 2.05) is 0 Å². The average molecular weight is 217 g/mol. The van der Waals surface area contributed by atoms with Crippen molar-refractivity contribution in [2.45, 2.75) is 6.42 Å². The van der Waals surface area contributed by atoms with Gasteiger partial charge in [0.2, 0.25) is 5.91 Å². The monoisotopic (exact) mass is 216 g/mol. The fraction of sp³-hybridized carbons (Fsp3) is 0.111. The van der Waals surface area contributed by atoms with Crippen LogP contribution in [-0.2, 0) is 4.79 Å². The summed E-state index contributed by atoms with van der Waals surface area (Å²) in [5, 5.41) is 0.970. The van der Waals surface area contributed by atoms with E-state index in [2.05, 4.69) is 0 Å². The molecular weight excluding hydrogens is 209 g/mol. The third kappa shape index (κ3) is 3.25. The predicted octanol–water partition coefficient (Wildman–Crippen LogP) is 2.42. The van der Waals surface area contributed by atoms with E-state index < -0.39 is 0 Å². The molecule has 0 aliphatic rings. The molecule has 1 rings (SSSR count). The van der Waals surface area contributed by atoms with Crippen LogP contribution in [0.15, 0.2) is 18.2 Å².